The second-order valence-electron chi connectivity index (χ2n) is 4.70. The Kier molecular flexibility index (Phi) is 5.83. The first-order valence-corrected chi connectivity index (χ1v) is 7.58. The summed E-state index contributed by atoms with van der Waals surface area (Å²) in [6.45, 7) is 3.73. The summed E-state index contributed by atoms with van der Waals surface area (Å²) in [5, 5.41) is 2.56. The zero-order valence-electron chi connectivity index (χ0n) is 13.9. The Morgan fingerprint density at radius 2 is 1.67 bits per heavy atom. The zero-order valence-corrected chi connectivity index (χ0v) is 13.9. The molecule has 0 bridgehead atoms. The molecule has 0 aromatic heterocycles. The molecule has 128 valence electrons. The maximum absolute atomic E-state index is 12.3. The minimum absolute atomic E-state index is 0.175. The van der Waals surface area contributed by atoms with Gasteiger partial charge in [-0.25, -0.2) is 15.0 Å². The molecule has 2 aromatic carbocycles. The number of amides is 2. The van der Waals surface area contributed by atoms with Crippen molar-refractivity contribution in [3.05, 3.63) is 36.4 Å². The summed E-state index contributed by atoms with van der Waals surface area (Å²) >= 11 is 0. The Morgan fingerprint density at radius 3 is 2.33 bits per heavy atom. The predicted molar refractivity (Wildman–Crippen MR) is 90.2 cm³/mol. The zero-order chi connectivity index (χ0) is 17.5. The third kappa shape index (κ3) is 3.68. The summed E-state index contributed by atoms with van der Waals surface area (Å²) in [6.07, 6.45) is -1.45. The quantitative estimate of drug-likeness (QED) is 0.868. The molecule has 0 spiro atoms. The van der Waals surface area contributed by atoms with Gasteiger partial charge in [-0.05, 0) is 26.0 Å². The van der Waals surface area contributed by atoms with Gasteiger partial charge < -0.3 is 14.2 Å². The summed E-state index contributed by atoms with van der Waals surface area (Å²) in [7, 11) is 1.57. The molecule has 0 heterocycles. The van der Waals surface area contributed by atoms with Crippen LogP contribution in [0.25, 0.3) is 10.8 Å². The van der Waals surface area contributed by atoms with Crippen LogP contribution in [0.5, 0.6) is 5.75 Å². The molecule has 24 heavy (non-hydrogen) atoms. The molecule has 0 aliphatic rings. The fourth-order valence-electron chi connectivity index (χ4n) is 2.28. The average Bonchev–Trinajstić information content (AvgIpc) is 2.59. The largest absolute Gasteiger partial charge is 0.496 e. The highest BCUT2D eigenvalue weighted by molar-refractivity contribution is 6.04. The van der Waals surface area contributed by atoms with Crippen LogP contribution in [0.2, 0.25) is 0 Å². The fourth-order valence-corrected chi connectivity index (χ4v) is 2.28. The number of rotatable bonds is 4. The number of hydrazine groups is 1. The van der Waals surface area contributed by atoms with Crippen LogP contribution >= 0.6 is 0 Å². The Labute approximate surface area is 140 Å². The molecular weight excluding hydrogens is 312 g/mol. The van der Waals surface area contributed by atoms with Crippen molar-refractivity contribution in [2.75, 3.05) is 25.3 Å². The van der Waals surface area contributed by atoms with Gasteiger partial charge in [-0.1, -0.05) is 24.3 Å². The van der Waals surface area contributed by atoms with Crippen LogP contribution in [0, 0.1) is 0 Å². The molecule has 0 saturated carbocycles. The highest BCUT2D eigenvalue weighted by Gasteiger charge is 2.22. The molecule has 2 amide bonds. The van der Waals surface area contributed by atoms with Gasteiger partial charge in [0.15, 0.2) is 0 Å². The number of nitrogens with one attached hydrogen (secondary N) is 1. The fraction of sp³-hybridized carbons (Fsp3) is 0.294. The number of methoxy groups -OCH3 is 1. The molecule has 0 unspecified atom stereocenters. The van der Waals surface area contributed by atoms with Gasteiger partial charge >= 0.3 is 12.2 Å². The summed E-state index contributed by atoms with van der Waals surface area (Å²) in [5.74, 6) is 0.661. The molecule has 0 saturated heterocycles. The van der Waals surface area contributed by atoms with Crippen LogP contribution in [0.3, 0.4) is 0 Å². The summed E-state index contributed by atoms with van der Waals surface area (Å²) in [4.78, 5) is 24.1. The lowest BCUT2D eigenvalue weighted by Crippen LogP contribution is -2.47. The van der Waals surface area contributed by atoms with Crippen LogP contribution in [-0.2, 0) is 9.47 Å². The Bertz CT molecular complexity index is 732. The standard InChI is InChI=1S/C17H20N2O5/c1-4-23-16(20)18-19(17(21)24-5-2)14-10-6-9-13-12(14)8-7-11-15(13)22-3/h6-11H,4-5H2,1-3H3,(H,18,20). The first-order valence-electron chi connectivity index (χ1n) is 7.58. The SMILES string of the molecule is CCOC(=O)NN(C(=O)OCC)c1cccc2c(OC)cccc12. The Hall–Kier alpha value is -2.96. The number of hydrogen-bond acceptors (Lipinski definition) is 5. The van der Waals surface area contributed by atoms with Crippen molar-refractivity contribution in [3.63, 3.8) is 0 Å². The van der Waals surface area contributed by atoms with Gasteiger partial charge in [0, 0.05) is 10.8 Å². The highest BCUT2D eigenvalue weighted by atomic mass is 16.6. The lowest BCUT2D eigenvalue weighted by molar-refractivity contribution is 0.139. The topological polar surface area (TPSA) is 77.1 Å². The molecule has 2 aromatic rings. The van der Waals surface area contributed by atoms with E-state index in [0.717, 1.165) is 15.8 Å². The monoisotopic (exact) mass is 332 g/mol. The van der Waals surface area contributed by atoms with Crippen LogP contribution in [0.15, 0.2) is 36.4 Å². The number of ether oxygens (including phenoxy) is 3. The van der Waals surface area contributed by atoms with Crippen molar-refractivity contribution in [1.82, 2.24) is 5.43 Å². The number of nitrogens with zero attached hydrogens (tertiary/aromatic N) is 1. The molecule has 2 rings (SSSR count). The van der Waals surface area contributed by atoms with Gasteiger partial charge in [0.25, 0.3) is 0 Å². The van der Waals surface area contributed by atoms with Crippen LogP contribution < -0.4 is 15.2 Å². The van der Waals surface area contributed by atoms with E-state index in [-0.39, 0.29) is 13.2 Å². The molecule has 0 fully saturated rings. The van der Waals surface area contributed by atoms with Gasteiger partial charge in [-0.3, -0.25) is 0 Å². The van der Waals surface area contributed by atoms with E-state index in [2.05, 4.69) is 5.43 Å². The van der Waals surface area contributed by atoms with Crippen LogP contribution in [0.1, 0.15) is 13.8 Å². The van der Waals surface area contributed by atoms with Crippen molar-refractivity contribution in [2.24, 2.45) is 0 Å². The summed E-state index contributed by atoms with van der Waals surface area (Å²) < 4.78 is 15.2. The van der Waals surface area contributed by atoms with Crippen molar-refractivity contribution >= 4 is 28.6 Å². The highest BCUT2D eigenvalue weighted by Crippen LogP contribution is 2.32. The normalized spacial score (nSPS) is 10.1. The number of carbonyl (C=O) groups excluding carboxylic acids is 2. The second-order valence-corrected chi connectivity index (χ2v) is 4.70. The van der Waals surface area contributed by atoms with Crippen molar-refractivity contribution in [2.45, 2.75) is 13.8 Å². The number of anilines is 1. The molecule has 0 radical (unpaired) electrons. The number of hydrogen-bond donors (Lipinski definition) is 1. The van der Waals surface area contributed by atoms with Gasteiger partial charge in [0.1, 0.15) is 5.75 Å². The molecule has 1 N–H and O–H groups in total. The summed E-state index contributed by atoms with van der Waals surface area (Å²) in [5.41, 5.74) is 2.86. The minimum Gasteiger partial charge on any atom is -0.496 e. The van der Waals surface area contributed by atoms with Gasteiger partial charge in [0.05, 0.1) is 26.0 Å². The molecule has 0 aliphatic carbocycles. The summed E-state index contributed by atoms with van der Waals surface area (Å²) in [6, 6.07) is 10.8. The van der Waals surface area contributed by atoms with E-state index in [9.17, 15) is 9.59 Å². The van der Waals surface area contributed by atoms with Crippen LogP contribution in [0.4, 0.5) is 15.3 Å². The van der Waals surface area contributed by atoms with Crippen molar-refractivity contribution in [3.8, 4) is 5.75 Å². The molecular formula is C17H20N2O5. The van der Waals surface area contributed by atoms with E-state index >= 15 is 0 Å². The lowest BCUT2D eigenvalue weighted by atomic mass is 10.1. The van der Waals surface area contributed by atoms with E-state index in [1.54, 1.807) is 39.2 Å². The van der Waals surface area contributed by atoms with Crippen molar-refractivity contribution < 1.29 is 23.8 Å². The van der Waals surface area contributed by atoms with Crippen molar-refractivity contribution in [1.29, 1.82) is 0 Å². The lowest BCUT2D eigenvalue weighted by Gasteiger charge is -2.23. The third-order valence-electron chi connectivity index (χ3n) is 3.25. The molecule has 7 heteroatoms. The number of carbonyl (C=O) groups is 2. The minimum atomic E-state index is -0.745. The number of fused-ring (bicyclic) bond motifs is 1. The smallest absolute Gasteiger partial charge is 0.433 e. The van der Waals surface area contributed by atoms with E-state index in [1.165, 1.54) is 0 Å². The maximum Gasteiger partial charge on any atom is 0.433 e. The van der Waals surface area contributed by atoms with E-state index < -0.39 is 12.2 Å². The van der Waals surface area contributed by atoms with E-state index in [1.807, 2.05) is 18.2 Å². The Morgan fingerprint density at radius 1 is 1.00 bits per heavy atom. The van der Waals surface area contributed by atoms with Gasteiger partial charge in [-0.2, -0.15) is 5.01 Å². The van der Waals surface area contributed by atoms with E-state index in [4.69, 9.17) is 14.2 Å². The predicted octanol–water partition coefficient (Wildman–Crippen LogP) is 3.47. The second kappa shape index (κ2) is 8.05. The van der Waals surface area contributed by atoms with Crippen LogP contribution in [-0.4, -0.2) is 32.5 Å². The third-order valence-corrected chi connectivity index (χ3v) is 3.25. The molecule has 7 nitrogen and oxygen atoms in total. The number of benzene rings is 2. The van der Waals surface area contributed by atoms with Gasteiger partial charge in [0.2, 0.25) is 0 Å². The van der Waals surface area contributed by atoms with Gasteiger partial charge in [-0.15, -0.1) is 0 Å². The average molecular weight is 332 g/mol. The first kappa shape index (κ1) is 17.4. The van der Waals surface area contributed by atoms with E-state index in [0.29, 0.717) is 11.4 Å². The maximum atomic E-state index is 12.3. The molecule has 0 atom stereocenters. The molecule has 0 aliphatic heterocycles. The Balaban J connectivity index is 2.51. The first-order chi connectivity index (χ1) is 11.6.